The Morgan fingerprint density at radius 1 is 1.08 bits per heavy atom. The number of hydrogen-bond acceptors (Lipinski definition) is 7. The van der Waals surface area contributed by atoms with E-state index in [2.05, 4.69) is 70.1 Å². The number of anilines is 2. The van der Waals surface area contributed by atoms with Crippen LogP contribution in [0.5, 0.6) is 0 Å². The summed E-state index contributed by atoms with van der Waals surface area (Å²) in [6.07, 6.45) is 2.55. The third kappa shape index (κ3) is 2.97. The first-order valence-corrected chi connectivity index (χ1v) is 9.39. The van der Waals surface area contributed by atoms with E-state index in [4.69, 9.17) is 0 Å². The Kier molecular flexibility index (Phi) is 3.71. The highest BCUT2D eigenvalue weighted by molar-refractivity contribution is 7.15. The van der Waals surface area contributed by atoms with E-state index >= 15 is 0 Å². The van der Waals surface area contributed by atoms with Crippen LogP contribution in [-0.2, 0) is 5.41 Å². The van der Waals surface area contributed by atoms with E-state index in [0.29, 0.717) is 12.0 Å². The van der Waals surface area contributed by atoms with Gasteiger partial charge >= 0.3 is 0 Å². The molecule has 0 unspecified atom stereocenters. The molecule has 4 rings (SSSR count). The molecule has 0 radical (unpaired) electrons. The molecule has 128 valence electrons. The van der Waals surface area contributed by atoms with Gasteiger partial charge in [0.25, 0.3) is 0 Å². The van der Waals surface area contributed by atoms with E-state index < -0.39 is 0 Å². The fraction of sp³-hybridized carbons (Fsp3) is 0.647. The lowest BCUT2D eigenvalue weighted by atomic mass is 9.92. The van der Waals surface area contributed by atoms with Crippen LogP contribution >= 0.6 is 11.3 Å². The Bertz CT molecular complexity index is 709. The van der Waals surface area contributed by atoms with E-state index in [0.717, 1.165) is 29.7 Å². The summed E-state index contributed by atoms with van der Waals surface area (Å²) in [7, 11) is 2.12. The van der Waals surface area contributed by atoms with E-state index in [-0.39, 0.29) is 5.41 Å². The molecule has 24 heavy (non-hydrogen) atoms. The van der Waals surface area contributed by atoms with Crippen LogP contribution in [0.2, 0.25) is 0 Å². The molecule has 1 aliphatic carbocycles. The zero-order valence-electron chi connectivity index (χ0n) is 14.7. The van der Waals surface area contributed by atoms with Crippen molar-refractivity contribution in [2.24, 2.45) is 0 Å². The third-order valence-electron chi connectivity index (χ3n) is 4.81. The molecule has 0 spiro atoms. The van der Waals surface area contributed by atoms with Gasteiger partial charge in [0.1, 0.15) is 5.01 Å². The molecule has 0 N–H and O–H groups in total. The Hall–Kier alpha value is -1.76. The second kappa shape index (κ2) is 5.65. The molecular weight excluding hydrogens is 320 g/mol. The van der Waals surface area contributed by atoms with Crippen molar-refractivity contribution in [2.75, 3.05) is 29.9 Å². The Labute approximate surface area is 146 Å². The Morgan fingerprint density at radius 2 is 1.83 bits per heavy atom. The SMILES string of the molecule is CN(c1nnc(C2CC2)s1)C1CN(c2ccc(C(C)(C)C)nn2)C1. The number of nitrogens with zero attached hydrogens (tertiary/aromatic N) is 6. The van der Waals surface area contributed by atoms with Crippen molar-refractivity contribution in [2.45, 2.75) is 51.0 Å². The number of likely N-dealkylation sites (N-methyl/N-ethyl adjacent to an activating group) is 1. The Morgan fingerprint density at radius 3 is 2.42 bits per heavy atom. The highest BCUT2D eigenvalue weighted by Gasteiger charge is 2.34. The lowest BCUT2D eigenvalue weighted by Crippen LogP contribution is -2.59. The molecule has 0 amide bonds. The minimum absolute atomic E-state index is 0.0420. The van der Waals surface area contributed by atoms with Crippen LogP contribution in [0.4, 0.5) is 10.9 Å². The predicted octanol–water partition coefficient (Wildman–Crippen LogP) is 2.83. The summed E-state index contributed by atoms with van der Waals surface area (Å²) in [5, 5.41) is 19.7. The summed E-state index contributed by atoms with van der Waals surface area (Å²) in [5.41, 5.74) is 1.07. The van der Waals surface area contributed by atoms with Gasteiger partial charge < -0.3 is 9.80 Å². The molecule has 1 aliphatic heterocycles. The summed E-state index contributed by atoms with van der Waals surface area (Å²) >= 11 is 1.75. The zero-order valence-corrected chi connectivity index (χ0v) is 15.5. The van der Waals surface area contributed by atoms with Crippen molar-refractivity contribution in [1.29, 1.82) is 0 Å². The van der Waals surface area contributed by atoms with E-state index in [1.165, 1.54) is 17.8 Å². The van der Waals surface area contributed by atoms with Crippen LogP contribution in [0.25, 0.3) is 0 Å². The van der Waals surface area contributed by atoms with Gasteiger partial charge in [-0.05, 0) is 25.0 Å². The predicted molar refractivity (Wildman–Crippen MR) is 97.0 cm³/mol. The highest BCUT2D eigenvalue weighted by Crippen LogP contribution is 2.42. The van der Waals surface area contributed by atoms with Gasteiger partial charge in [-0.1, -0.05) is 32.1 Å². The quantitative estimate of drug-likeness (QED) is 0.850. The van der Waals surface area contributed by atoms with Crippen molar-refractivity contribution in [3.8, 4) is 0 Å². The largest absolute Gasteiger partial charge is 0.351 e. The van der Waals surface area contributed by atoms with Crippen molar-refractivity contribution >= 4 is 22.3 Å². The smallest absolute Gasteiger partial charge is 0.208 e. The van der Waals surface area contributed by atoms with Crippen molar-refractivity contribution in [3.63, 3.8) is 0 Å². The van der Waals surface area contributed by atoms with E-state index in [9.17, 15) is 0 Å². The zero-order chi connectivity index (χ0) is 16.9. The highest BCUT2D eigenvalue weighted by atomic mass is 32.1. The van der Waals surface area contributed by atoms with E-state index in [1.54, 1.807) is 11.3 Å². The number of rotatable bonds is 4. The molecule has 2 aromatic heterocycles. The van der Waals surface area contributed by atoms with Gasteiger partial charge in [0.05, 0.1) is 11.7 Å². The maximum absolute atomic E-state index is 4.40. The van der Waals surface area contributed by atoms with Crippen LogP contribution in [-0.4, -0.2) is 46.6 Å². The first-order valence-electron chi connectivity index (χ1n) is 8.57. The molecule has 7 heteroatoms. The summed E-state index contributed by atoms with van der Waals surface area (Å²) in [6.45, 7) is 8.38. The van der Waals surface area contributed by atoms with Crippen molar-refractivity contribution in [1.82, 2.24) is 20.4 Å². The molecule has 0 aromatic carbocycles. The fourth-order valence-corrected chi connectivity index (χ4v) is 3.85. The molecule has 2 aromatic rings. The minimum Gasteiger partial charge on any atom is -0.351 e. The van der Waals surface area contributed by atoms with Gasteiger partial charge in [-0.25, -0.2) is 0 Å². The second-order valence-corrected chi connectivity index (χ2v) is 8.88. The average molecular weight is 344 g/mol. The molecule has 0 bridgehead atoms. The van der Waals surface area contributed by atoms with Gasteiger partial charge in [0.15, 0.2) is 5.82 Å². The number of aromatic nitrogens is 4. The van der Waals surface area contributed by atoms with Gasteiger partial charge in [-0.2, -0.15) is 5.10 Å². The van der Waals surface area contributed by atoms with Crippen LogP contribution < -0.4 is 9.80 Å². The summed E-state index contributed by atoms with van der Waals surface area (Å²) in [6, 6.07) is 4.64. The van der Waals surface area contributed by atoms with Gasteiger partial charge in [-0.15, -0.1) is 15.3 Å². The van der Waals surface area contributed by atoms with Crippen molar-refractivity contribution < 1.29 is 0 Å². The molecule has 2 fully saturated rings. The Balaban J connectivity index is 1.36. The lowest BCUT2D eigenvalue weighted by molar-refractivity contribution is 0.486. The number of hydrogen-bond donors (Lipinski definition) is 0. The molecule has 0 atom stereocenters. The first-order chi connectivity index (χ1) is 11.4. The molecule has 1 saturated heterocycles. The van der Waals surface area contributed by atoms with E-state index in [1.807, 2.05) is 0 Å². The molecule has 2 aliphatic rings. The molecule has 3 heterocycles. The third-order valence-corrected chi connectivity index (χ3v) is 5.99. The van der Waals surface area contributed by atoms with Gasteiger partial charge in [-0.3, -0.25) is 0 Å². The maximum Gasteiger partial charge on any atom is 0.208 e. The minimum atomic E-state index is 0.0420. The molecule has 1 saturated carbocycles. The molecule has 6 nitrogen and oxygen atoms in total. The van der Waals surface area contributed by atoms with Crippen LogP contribution in [0, 0.1) is 0 Å². The van der Waals surface area contributed by atoms with Crippen LogP contribution in [0.1, 0.15) is 50.2 Å². The van der Waals surface area contributed by atoms with Crippen LogP contribution in [0.3, 0.4) is 0 Å². The lowest BCUT2D eigenvalue weighted by Gasteiger charge is -2.44. The molecular formula is C17H24N6S. The van der Waals surface area contributed by atoms with Gasteiger partial charge in [0.2, 0.25) is 5.13 Å². The van der Waals surface area contributed by atoms with Crippen LogP contribution in [0.15, 0.2) is 12.1 Å². The monoisotopic (exact) mass is 344 g/mol. The first kappa shape index (κ1) is 15.7. The van der Waals surface area contributed by atoms with Gasteiger partial charge in [0, 0.05) is 31.5 Å². The second-order valence-electron chi connectivity index (χ2n) is 7.89. The van der Waals surface area contributed by atoms with Crippen molar-refractivity contribution in [3.05, 3.63) is 22.8 Å². The summed E-state index contributed by atoms with van der Waals surface area (Å²) in [4.78, 5) is 4.53. The standard InChI is InChI=1S/C17H24N6S/c1-17(2,3)13-7-8-14(19-18-13)23-9-12(10-23)22(4)16-21-20-15(24-16)11-5-6-11/h7-8,11-12H,5-6,9-10H2,1-4H3. The maximum atomic E-state index is 4.40. The topological polar surface area (TPSA) is 58.0 Å². The normalized spacial score (nSPS) is 18.6. The summed E-state index contributed by atoms with van der Waals surface area (Å²) < 4.78 is 0. The summed E-state index contributed by atoms with van der Waals surface area (Å²) in [5.74, 6) is 1.64. The average Bonchev–Trinajstić information content (AvgIpc) is 3.22. The fourth-order valence-electron chi connectivity index (χ4n) is 2.80.